The van der Waals surface area contributed by atoms with Gasteiger partial charge in [0.25, 0.3) is 5.91 Å². The van der Waals surface area contributed by atoms with E-state index < -0.39 is 0 Å². The van der Waals surface area contributed by atoms with Gasteiger partial charge in [-0.25, -0.2) is 0 Å². The lowest BCUT2D eigenvalue weighted by Crippen LogP contribution is -2.29. The Morgan fingerprint density at radius 1 is 1.21 bits per heavy atom. The van der Waals surface area contributed by atoms with Gasteiger partial charge in [-0.05, 0) is 50.3 Å². The summed E-state index contributed by atoms with van der Waals surface area (Å²) >= 11 is 5.77. The Bertz CT molecular complexity index is 364. The lowest BCUT2D eigenvalue weighted by molar-refractivity contribution is 0.0952. The molecular formula is C14H22Cl2N2O. The van der Waals surface area contributed by atoms with Crippen molar-refractivity contribution in [2.45, 2.75) is 20.3 Å². The highest BCUT2D eigenvalue weighted by atomic mass is 35.5. The minimum Gasteiger partial charge on any atom is -0.352 e. The van der Waals surface area contributed by atoms with Crippen LogP contribution in [0.4, 0.5) is 0 Å². The first-order valence-corrected chi connectivity index (χ1v) is 6.81. The molecule has 19 heavy (non-hydrogen) atoms. The van der Waals surface area contributed by atoms with Crippen LogP contribution < -0.4 is 5.32 Å². The highest BCUT2D eigenvalue weighted by Crippen LogP contribution is 2.09. The summed E-state index contributed by atoms with van der Waals surface area (Å²) in [6.45, 7) is 8.14. The Labute approximate surface area is 126 Å². The van der Waals surface area contributed by atoms with Gasteiger partial charge in [0.1, 0.15) is 0 Å². The summed E-state index contributed by atoms with van der Waals surface area (Å²) in [5, 5.41) is 3.56. The number of carbonyl (C=O) groups excluding carboxylic acids is 1. The van der Waals surface area contributed by atoms with Crippen molar-refractivity contribution in [3.8, 4) is 0 Å². The van der Waals surface area contributed by atoms with Crippen LogP contribution in [0.15, 0.2) is 24.3 Å². The zero-order valence-electron chi connectivity index (χ0n) is 11.5. The van der Waals surface area contributed by atoms with E-state index in [-0.39, 0.29) is 18.3 Å². The van der Waals surface area contributed by atoms with E-state index in [9.17, 15) is 4.79 Å². The van der Waals surface area contributed by atoms with Crippen molar-refractivity contribution in [2.24, 2.45) is 0 Å². The molecule has 0 unspecified atom stereocenters. The number of halogens is 2. The summed E-state index contributed by atoms with van der Waals surface area (Å²) in [6, 6.07) is 6.93. The molecule has 0 saturated carbocycles. The first-order valence-electron chi connectivity index (χ1n) is 6.43. The van der Waals surface area contributed by atoms with Gasteiger partial charge in [-0.2, -0.15) is 0 Å². The van der Waals surface area contributed by atoms with Gasteiger partial charge in [-0.1, -0.05) is 25.4 Å². The maximum absolute atomic E-state index is 11.8. The van der Waals surface area contributed by atoms with Crippen LogP contribution in [0, 0.1) is 0 Å². The molecular weight excluding hydrogens is 283 g/mol. The van der Waals surface area contributed by atoms with Crippen molar-refractivity contribution in [1.82, 2.24) is 10.2 Å². The largest absolute Gasteiger partial charge is 0.352 e. The van der Waals surface area contributed by atoms with Crippen LogP contribution in [0.25, 0.3) is 0 Å². The van der Waals surface area contributed by atoms with E-state index in [0.29, 0.717) is 17.1 Å². The quantitative estimate of drug-likeness (QED) is 0.785. The van der Waals surface area contributed by atoms with Crippen LogP contribution in [-0.4, -0.2) is 37.0 Å². The Morgan fingerprint density at radius 2 is 1.79 bits per heavy atom. The third-order valence-electron chi connectivity index (χ3n) is 2.94. The van der Waals surface area contributed by atoms with Crippen LogP contribution >= 0.6 is 24.0 Å². The average molecular weight is 305 g/mol. The summed E-state index contributed by atoms with van der Waals surface area (Å²) in [5.74, 6) is -0.0359. The van der Waals surface area contributed by atoms with Crippen molar-refractivity contribution in [2.75, 3.05) is 26.2 Å². The second-order valence-electron chi connectivity index (χ2n) is 4.14. The van der Waals surface area contributed by atoms with Crippen LogP contribution in [0.5, 0.6) is 0 Å². The van der Waals surface area contributed by atoms with Gasteiger partial charge >= 0.3 is 0 Å². The minimum atomic E-state index is -0.0359. The first kappa shape index (κ1) is 18.2. The second-order valence-corrected chi connectivity index (χ2v) is 4.58. The molecule has 0 radical (unpaired) electrons. The van der Waals surface area contributed by atoms with Gasteiger partial charge in [-0.15, -0.1) is 12.4 Å². The van der Waals surface area contributed by atoms with E-state index in [4.69, 9.17) is 11.6 Å². The fourth-order valence-electron chi connectivity index (χ4n) is 1.75. The maximum Gasteiger partial charge on any atom is 0.251 e. The van der Waals surface area contributed by atoms with Crippen LogP contribution in [-0.2, 0) is 0 Å². The van der Waals surface area contributed by atoms with E-state index >= 15 is 0 Å². The minimum absolute atomic E-state index is 0. The molecule has 108 valence electrons. The molecule has 0 spiro atoms. The number of hydrogen-bond donors (Lipinski definition) is 1. The zero-order chi connectivity index (χ0) is 13.4. The highest BCUT2D eigenvalue weighted by Gasteiger charge is 2.04. The van der Waals surface area contributed by atoms with Gasteiger partial charge in [0.2, 0.25) is 0 Å². The summed E-state index contributed by atoms with van der Waals surface area (Å²) < 4.78 is 0. The van der Waals surface area contributed by atoms with Crippen molar-refractivity contribution >= 4 is 29.9 Å². The fourth-order valence-corrected chi connectivity index (χ4v) is 1.87. The third kappa shape index (κ3) is 6.81. The lowest BCUT2D eigenvalue weighted by atomic mass is 10.2. The van der Waals surface area contributed by atoms with Crippen LogP contribution in [0.3, 0.4) is 0 Å². The molecule has 0 heterocycles. The van der Waals surface area contributed by atoms with Crippen LogP contribution in [0.1, 0.15) is 30.6 Å². The van der Waals surface area contributed by atoms with E-state index in [2.05, 4.69) is 24.1 Å². The van der Waals surface area contributed by atoms with Crippen molar-refractivity contribution in [3.05, 3.63) is 34.9 Å². The standard InChI is InChI=1S/C14H21ClN2O.ClH/c1-3-17(4-2)11-5-10-16-14(18)12-6-8-13(15)9-7-12;/h6-9H,3-5,10-11H2,1-2H3,(H,16,18);1H. The lowest BCUT2D eigenvalue weighted by Gasteiger charge is -2.17. The van der Waals surface area contributed by atoms with Crippen molar-refractivity contribution in [3.63, 3.8) is 0 Å². The molecule has 1 aromatic rings. The van der Waals surface area contributed by atoms with Crippen molar-refractivity contribution < 1.29 is 4.79 Å². The molecule has 0 aliphatic rings. The summed E-state index contributed by atoms with van der Waals surface area (Å²) in [7, 11) is 0. The topological polar surface area (TPSA) is 32.3 Å². The smallest absolute Gasteiger partial charge is 0.251 e. The van der Waals surface area contributed by atoms with Gasteiger partial charge in [0.05, 0.1) is 0 Å². The SMILES string of the molecule is CCN(CC)CCCNC(=O)c1ccc(Cl)cc1.Cl. The monoisotopic (exact) mass is 304 g/mol. The number of hydrogen-bond acceptors (Lipinski definition) is 2. The number of carbonyl (C=O) groups is 1. The molecule has 0 fully saturated rings. The Hall–Kier alpha value is -0.770. The molecule has 1 N–H and O–H groups in total. The molecule has 1 aromatic carbocycles. The van der Waals surface area contributed by atoms with Gasteiger partial charge in [0.15, 0.2) is 0 Å². The Kier molecular flexibility index (Phi) is 9.66. The van der Waals surface area contributed by atoms with Gasteiger partial charge in [0, 0.05) is 17.1 Å². The Balaban J connectivity index is 0.00000324. The van der Waals surface area contributed by atoms with E-state index in [1.807, 2.05) is 0 Å². The molecule has 0 aliphatic carbocycles. The van der Waals surface area contributed by atoms with E-state index in [1.54, 1.807) is 24.3 Å². The van der Waals surface area contributed by atoms with Crippen molar-refractivity contribution in [1.29, 1.82) is 0 Å². The average Bonchev–Trinajstić information content (AvgIpc) is 2.39. The molecule has 1 rings (SSSR count). The predicted octanol–water partition coefficient (Wildman–Crippen LogP) is 3.22. The highest BCUT2D eigenvalue weighted by molar-refractivity contribution is 6.30. The molecule has 3 nitrogen and oxygen atoms in total. The number of nitrogens with one attached hydrogen (secondary N) is 1. The maximum atomic E-state index is 11.8. The van der Waals surface area contributed by atoms with Crippen LogP contribution in [0.2, 0.25) is 5.02 Å². The molecule has 5 heteroatoms. The van der Waals surface area contributed by atoms with Gasteiger partial charge < -0.3 is 10.2 Å². The number of rotatable bonds is 7. The second kappa shape index (κ2) is 10.1. The Morgan fingerprint density at radius 3 is 2.32 bits per heavy atom. The first-order chi connectivity index (χ1) is 8.67. The number of amides is 1. The molecule has 0 aromatic heterocycles. The van der Waals surface area contributed by atoms with Gasteiger partial charge in [-0.3, -0.25) is 4.79 Å². The molecule has 0 bridgehead atoms. The molecule has 1 amide bonds. The molecule has 0 aliphatic heterocycles. The summed E-state index contributed by atoms with van der Waals surface area (Å²) in [4.78, 5) is 14.1. The normalized spacial score (nSPS) is 10.1. The fraction of sp³-hybridized carbons (Fsp3) is 0.500. The third-order valence-corrected chi connectivity index (χ3v) is 3.19. The van der Waals surface area contributed by atoms with E-state index in [1.165, 1.54) is 0 Å². The number of nitrogens with zero attached hydrogens (tertiary/aromatic N) is 1. The molecule has 0 atom stereocenters. The summed E-state index contributed by atoms with van der Waals surface area (Å²) in [5.41, 5.74) is 0.655. The number of benzene rings is 1. The predicted molar refractivity (Wildman–Crippen MR) is 83.4 cm³/mol. The zero-order valence-corrected chi connectivity index (χ0v) is 13.1. The molecule has 0 saturated heterocycles. The van der Waals surface area contributed by atoms with E-state index in [0.717, 1.165) is 26.1 Å². The summed E-state index contributed by atoms with van der Waals surface area (Å²) in [6.07, 6.45) is 0.973.